The van der Waals surface area contributed by atoms with Crippen LogP contribution in [0.25, 0.3) is 0 Å². The molecule has 1 rings (SSSR count). The first kappa shape index (κ1) is 14.1. The highest BCUT2D eigenvalue weighted by atomic mass is 35.5. The van der Waals surface area contributed by atoms with Gasteiger partial charge in [-0.2, -0.15) is 13.2 Å². The van der Waals surface area contributed by atoms with E-state index in [1.807, 2.05) is 0 Å². The lowest BCUT2D eigenvalue weighted by atomic mass is 10.2. The maximum Gasteiger partial charge on any atom is 0.390 e. The Labute approximate surface area is 103 Å². The predicted octanol–water partition coefficient (Wildman–Crippen LogP) is 3.31. The quantitative estimate of drug-likeness (QED) is 0.847. The van der Waals surface area contributed by atoms with Gasteiger partial charge in [0, 0.05) is 13.1 Å². The lowest BCUT2D eigenvalue weighted by molar-refractivity contribution is -0.137. The summed E-state index contributed by atoms with van der Waals surface area (Å²) < 4.78 is 36.0. The van der Waals surface area contributed by atoms with E-state index in [0.29, 0.717) is 17.3 Å². The Balaban J connectivity index is 2.50. The number of halogens is 4. The molecule has 0 atom stereocenters. The number of benzene rings is 1. The molecule has 0 heterocycles. The van der Waals surface area contributed by atoms with Crippen LogP contribution in [-0.2, 0) is 6.54 Å². The summed E-state index contributed by atoms with van der Waals surface area (Å²) in [5.74, 6) is 0. The van der Waals surface area contributed by atoms with Crippen molar-refractivity contribution in [3.63, 3.8) is 0 Å². The van der Waals surface area contributed by atoms with Gasteiger partial charge in [0.25, 0.3) is 0 Å². The average Bonchev–Trinajstić information content (AvgIpc) is 2.20. The summed E-state index contributed by atoms with van der Waals surface area (Å²) in [5.41, 5.74) is 6.89. The van der Waals surface area contributed by atoms with Crippen molar-refractivity contribution in [2.45, 2.75) is 19.1 Å². The summed E-state index contributed by atoms with van der Waals surface area (Å²) in [4.78, 5) is 1.59. The van der Waals surface area contributed by atoms with Crippen molar-refractivity contribution >= 4 is 17.3 Å². The van der Waals surface area contributed by atoms with Gasteiger partial charge >= 0.3 is 6.18 Å². The van der Waals surface area contributed by atoms with Crippen molar-refractivity contribution < 1.29 is 13.2 Å². The molecule has 0 saturated heterocycles. The highest BCUT2D eigenvalue weighted by molar-refractivity contribution is 6.33. The smallest absolute Gasteiger partial charge is 0.390 e. The number of rotatable bonds is 4. The lowest BCUT2D eigenvalue weighted by Gasteiger charge is -2.18. The molecule has 96 valence electrons. The molecule has 0 fully saturated rings. The van der Waals surface area contributed by atoms with Crippen LogP contribution in [0.2, 0.25) is 5.02 Å². The Morgan fingerprint density at radius 3 is 2.53 bits per heavy atom. The van der Waals surface area contributed by atoms with Crippen molar-refractivity contribution in [2.24, 2.45) is 0 Å². The molecule has 0 aliphatic rings. The van der Waals surface area contributed by atoms with Crippen LogP contribution in [0, 0.1) is 0 Å². The third kappa shape index (κ3) is 5.28. The second-order valence-electron chi connectivity index (χ2n) is 3.96. The van der Waals surface area contributed by atoms with Gasteiger partial charge in [-0.05, 0) is 24.7 Å². The fourth-order valence-corrected chi connectivity index (χ4v) is 1.52. The van der Waals surface area contributed by atoms with Crippen molar-refractivity contribution in [2.75, 3.05) is 19.3 Å². The monoisotopic (exact) mass is 266 g/mol. The first-order chi connectivity index (χ1) is 7.78. The van der Waals surface area contributed by atoms with E-state index in [1.54, 1.807) is 30.1 Å². The summed E-state index contributed by atoms with van der Waals surface area (Å²) in [6.45, 7) is 0.378. The van der Waals surface area contributed by atoms with E-state index in [2.05, 4.69) is 0 Å². The first-order valence-electron chi connectivity index (χ1n) is 5.07. The molecule has 0 aromatic heterocycles. The molecule has 2 nitrogen and oxygen atoms in total. The zero-order chi connectivity index (χ0) is 13.1. The summed E-state index contributed by atoms with van der Waals surface area (Å²) in [7, 11) is 1.64. The zero-order valence-corrected chi connectivity index (χ0v) is 10.1. The third-order valence-electron chi connectivity index (χ3n) is 2.29. The predicted molar refractivity (Wildman–Crippen MR) is 62.9 cm³/mol. The van der Waals surface area contributed by atoms with E-state index < -0.39 is 12.6 Å². The summed E-state index contributed by atoms with van der Waals surface area (Å²) in [5, 5.41) is 0.451. The number of hydrogen-bond acceptors (Lipinski definition) is 2. The number of hydrogen-bond donors (Lipinski definition) is 1. The maximum absolute atomic E-state index is 12.0. The van der Waals surface area contributed by atoms with Crippen LogP contribution < -0.4 is 5.73 Å². The van der Waals surface area contributed by atoms with Gasteiger partial charge in [-0.25, -0.2) is 0 Å². The summed E-state index contributed by atoms with van der Waals surface area (Å²) >= 11 is 5.75. The second-order valence-corrected chi connectivity index (χ2v) is 4.37. The second kappa shape index (κ2) is 5.60. The first-order valence-corrected chi connectivity index (χ1v) is 5.45. The van der Waals surface area contributed by atoms with E-state index in [-0.39, 0.29) is 6.54 Å². The fourth-order valence-electron chi connectivity index (χ4n) is 1.40. The molecule has 6 heteroatoms. The van der Waals surface area contributed by atoms with Crippen LogP contribution in [0.5, 0.6) is 0 Å². The number of anilines is 1. The van der Waals surface area contributed by atoms with E-state index in [4.69, 9.17) is 17.3 Å². The third-order valence-corrected chi connectivity index (χ3v) is 2.63. The summed E-state index contributed by atoms with van der Waals surface area (Å²) in [6, 6.07) is 5.07. The van der Waals surface area contributed by atoms with Gasteiger partial charge < -0.3 is 10.6 Å². The van der Waals surface area contributed by atoms with Crippen molar-refractivity contribution in [1.29, 1.82) is 0 Å². The largest absolute Gasteiger partial charge is 0.398 e. The average molecular weight is 267 g/mol. The van der Waals surface area contributed by atoms with Gasteiger partial charge in [0.05, 0.1) is 17.1 Å². The fraction of sp³-hybridized carbons (Fsp3) is 0.455. The number of nitrogens with zero attached hydrogens (tertiary/aromatic N) is 1. The topological polar surface area (TPSA) is 29.3 Å². The minimum atomic E-state index is -4.12. The van der Waals surface area contributed by atoms with Crippen LogP contribution in [-0.4, -0.2) is 24.7 Å². The Bertz CT molecular complexity index is 379. The van der Waals surface area contributed by atoms with Crippen LogP contribution in [0.3, 0.4) is 0 Å². The Morgan fingerprint density at radius 1 is 1.35 bits per heavy atom. The molecule has 0 aliphatic heterocycles. The Morgan fingerprint density at radius 2 is 2.00 bits per heavy atom. The molecule has 17 heavy (non-hydrogen) atoms. The van der Waals surface area contributed by atoms with Crippen LogP contribution >= 0.6 is 11.6 Å². The minimum Gasteiger partial charge on any atom is -0.398 e. The molecule has 0 aliphatic carbocycles. The van der Waals surface area contributed by atoms with Gasteiger partial charge in [0.15, 0.2) is 0 Å². The van der Waals surface area contributed by atoms with Gasteiger partial charge in [0.1, 0.15) is 0 Å². The number of nitrogens with two attached hydrogens (primary N) is 1. The molecule has 2 N–H and O–H groups in total. The van der Waals surface area contributed by atoms with Gasteiger partial charge in [-0.15, -0.1) is 0 Å². The molecule has 0 bridgehead atoms. The van der Waals surface area contributed by atoms with Crippen molar-refractivity contribution in [3.8, 4) is 0 Å². The van der Waals surface area contributed by atoms with Gasteiger partial charge in [0.2, 0.25) is 0 Å². The molecule has 0 spiro atoms. The molecule has 0 saturated carbocycles. The SMILES string of the molecule is CN(CCC(F)(F)F)Cc1ccc(Cl)c(N)c1. The molecule has 1 aromatic rings. The standard InChI is InChI=1S/C11H14ClF3N2/c1-17(5-4-11(13,14)15)7-8-2-3-9(12)10(16)6-8/h2-3,6H,4-5,7,16H2,1H3. The van der Waals surface area contributed by atoms with Crippen molar-refractivity contribution in [3.05, 3.63) is 28.8 Å². The molecule has 0 radical (unpaired) electrons. The molecule has 1 aromatic carbocycles. The number of alkyl halides is 3. The zero-order valence-electron chi connectivity index (χ0n) is 9.39. The Hall–Kier alpha value is -0.940. The molecule has 0 amide bonds. The summed E-state index contributed by atoms with van der Waals surface area (Å²) in [6.07, 6.45) is -4.93. The highest BCUT2D eigenvalue weighted by Gasteiger charge is 2.26. The molecule has 0 unspecified atom stereocenters. The van der Waals surface area contributed by atoms with E-state index in [1.165, 1.54) is 0 Å². The van der Waals surface area contributed by atoms with Crippen molar-refractivity contribution in [1.82, 2.24) is 4.90 Å². The van der Waals surface area contributed by atoms with E-state index in [9.17, 15) is 13.2 Å². The lowest BCUT2D eigenvalue weighted by Crippen LogP contribution is -2.24. The van der Waals surface area contributed by atoms with Crippen LogP contribution in [0.15, 0.2) is 18.2 Å². The van der Waals surface area contributed by atoms with E-state index >= 15 is 0 Å². The van der Waals surface area contributed by atoms with E-state index in [0.717, 1.165) is 5.56 Å². The van der Waals surface area contributed by atoms with Gasteiger partial charge in [-0.1, -0.05) is 17.7 Å². The highest BCUT2D eigenvalue weighted by Crippen LogP contribution is 2.22. The number of nitrogen functional groups attached to an aromatic ring is 1. The van der Waals surface area contributed by atoms with Crippen LogP contribution in [0.1, 0.15) is 12.0 Å². The molecular formula is C11H14ClF3N2. The Kier molecular flexibility index (Phi) is 4.65. The maximum atomic E-state index is 12.0. The normalized spacial score (nSPS) is 12.1. The molecular weight excluding hydrogens is 253 g/mol. The minimum absolute atomic E-state index is 0.0357. The van der Waals surface area contributed by atoms with Gasteiger partial charge in [-0.3, -0.25) is 0 Å². The van der Waals surface area contributed by atoms with Crippen LogP contribution in [0.4, 0.5) is 18.9 Å².